The zero-order valence-electron chi connectivity index (χ0n) is 14.6. The summed E-state index contributed by atoms with van der Waals surface area (Å²) in [4.78, 5) is 12.9. The molecule has 26 heavy (non-hydrogen) atoms. The van der Waals surface area contributed by atoms with Crippen molar-refractivity contribution in [2.45, 2.75) is 6.92 Å². The number of rotatable bonds is 8. The Morgan fingerprint density at radius 3 is 2.96 bits per heavy atom. The number of nitrogens with zero attached hydrogens (tertiary/aromatic N) is 3. The second-order valence-corrected chi connectivity index (χ2v) is 5.91. The zero-order valence-corrected chi connectivity index (χ0v) is 15.5. The van der Waals surface area contributed by atoms with Crippen LogP contribution in [0.15, 0.2) is 23.3 Å². The molecule has 0 spiro atoms. The van der Waals surface area contributed by atoms with Crippen molar-refractivity contribution in [3.05, 3.63) is 33.9 Å². The molecule has 2 rings (SSSR count). The molecule has 1 aromatic carbocycles. The average Bonchev–Trinajstić information content (AvgIpc) is 2.64. The van der Waals surface area contributed by atoms with Gasteiger partial charge < -0.3 is 14.8 Å². The fraction of sp³-hybridized carbons (Fsp3) is 0.500. The summed E-state index contributed by atoms with van der Waals surface area (Å²) < 4.78 is 10.5. The highest BCUT2D eigenvalue weighted by molar-refractivity contribution is 7.80. The molecule has 1 saturated heterocycles. The van der Waals surface area contributed by atoms with Gasteiger partial charge in [0.05, 0.1) is 31.0 Å². The molecule has 0 bridgehead atoms. The molecule has 0 saturated carbocycles. The summed E-state index contributed by atoms with van der Waals surface area (Å²) in [7, 11) is 0. The van der Waals surface area contributed by atoms with Gasteiger partial charge in [-0.3, -0.25) is 20.4 Å². The number of hydrogen-bond donors (Lipinski definition) is 2. The smallest absolute Gasteiger partial charge is 0.311 e. The molecule has 142 valence electrons. The first-order valence-corrected chi connectivity index (χ1v) is 8.79. The Morgan fingerprint density at radius 1 is 1.50 bits per heavy atom. The van der Waals surface area contributed by atoms with Gasteiger partial charge in [-0.15, -0.1) is 0 Å². The van der Waals surface area contributed by atoms with Gasteiger partial charge in [0.1, 0.15) is 0 Å². The number of nitro groups is 1. The maximum absolute atomic E-state index is 11.1. The first-order chi connectivity index (χ1) is 12.6. The van der Waals surface area contributed by atoms with Crippen LogP contribution in [-0.4, -0.2) is 67.1 Å². The number of nitro benzene ring substituents is 1. The molecule has 1 fully saturated rings. The van der Waals surface area contributed by atoms with Crippen LogP contribution in [-0.2, 0) is 4.74 Å². The Balaban J connectivity index is 1.78. The maximum Gasteiger partial charge on any atom is 0.311 e. The second kappa shape index (κ2) is 10.6. The predicted molar refractivity (Wildman–Crippen MR) is 103 cm³/mol. The third-order valence-corrected chi connectivity index (χ3v) is 3.91. The monoisotopic (exact) mass is 381 g/mol. The molecule has 1 aromatic rings. The first-order valence-electron chi connectivity index (χ1n) is 8.38. The fourth-order valence-electron chi connectivity index (χ4n) is 2.39. The topological polar surface area (TPSA) is 101 Å². The third-order valence-electron chi connectivity index (χ3n) is 3.68. The van der Waals surface area contributed by atoms with Crippen LogP contribution in [0.4, 0.5) is 5.69 Å². The Hall–Kier alpha value is -2.30. The lowest BCUT2D eigenvalue weighted by molar-refractivity contribution is -0.385. The summed E-state index contributed by atoms with van der Waals surface area (Å²) >= 11 is 5.15. The fourth-order valence-corrected chi connectivity index (χ4v) is 2.55. The molecule has 0 amide bonds. The molecule has 0 radical (unpaired) electrons. The largest absolute Gasteiger partial charge is 0.487 e. The van der Waals surface area contributed by atoms with Gasteiger partial charge in [-0.05, 0) is 31.3 Å². The van der Waals surface area contributed by atoms with E-state index >= 15 is 0 Å². The minimum atomic E-state index is -0.479. The predicted octanol–water partition coefficient (Wildman–Crippen LogP) is 1.12. The highest BCUT2D eigenvalue weighted by Crippen LogP contribution is 2.27. The van der Waals surface area contributed by atoms with E-state index in [4.69, 9.17) is 21.7 Å². The van der Waals surface area contributed by atoms with Gasteiger partial charge >= 0.3 is 5.69 Å². The molecular weight excluding hydrogens is 358 g/mol. The van der Waals surface area contributed by atoms with E-state index in [2.05, 4.69) is 20.7 Å². The molecule has 1 heterocycles. The van der Waals surface area contributed by atoms with E-state index in [0.29, 0.717) is 23.8 Å². The Kier molecular flexibility index (Phi) is 8.19. The molecule has 0 unspecified atom stereocenters. The zero-order chi connectivity index (χ0) is 18.8. The van der Waals surface area contributed by atoms with Crippen molar-refractivity contribution in [2.75, 3.05) is 46.0 Å². The van der Waals surface area contributed by atoms with Gasteiger partial charge in [-0.1, -0.05) is 0 Å². The maximum atomic E-state index is 11.1. The van der Waals surface area contributed by atoms with E-state index in [1.807, 2.05) is 0 Å². The van der Waals surface area contributed by atoms with Crippen molar-refractivity contribution in [3.8, 4) is 5.75 Å². The van der Waals surface area contributed by atoms with Crippen molar-refractivity contribution in [2.24, 2.45) is 5.10 Å². The molecule has 9 nitrogen and oxygen atoms in total. The van der Waals surface area contributed by atoms with E-state index in [0.717, 1.165) is 32.8 Å². The van der Waals surface area contributed by atoms with Crippen molar-refractivity contribution in [3.63, 3.8) is 0 Å². The highest BCUT2D eigenvalue weighted by Gasteiger charge is 2.15. The van der Waals surface area contributed by atoms with Crippen LogP contribution in [0.2, 0.25) is 0 Å². The average molecular weight is 381 g/mol. The van der Waals surface area contributed by atoms with Crippen LogP contribution >= 0.6 is 12.2 Å². The van der Waals surface area contributed by atoms with Crippen molar-refractivity contribution in [1.29, 1.82) is 0 Å². The van der Waals surface area contributed by atoms with Gasteiger partial charge in [0.25, 0.3) is 0 Å². The van der Waals surface area contributed by atoms with Crippen molar-refractivity contribution < 1.29 is 14.4 Å². The number of ether oxygens (including phenoxy) is 2. The van der Waals surface area contributed by atoms with Crippen LogP contribution in [0.25, 0.3) is 0 Å². The van der Waals surface area contributed by atoms with Crippen LogP contribution in [0.3, 0.4) is 0 Å². The summed E-state index contributed by atoms with van der Waals surface area (Å²) in [6.07, 6.45) is 1.47. The molecule has 1 aliphatic rings. The molecule has 10 heteroatoms. The lowest BCUT2D eigenvalue weighted by Gasteiger charge is -2.26. The first kappa shape index (κ1) is 20.0. The Morgan fingerprint density at radius 2 is 2.27 bits per heavy atom. The second-order valence-electron chi connectivity index (χ2n) is 5.50. The van der Waals surface area contributed by atoms with Gasteiger partial charge in [0.2, 0.25) is 0 Å². The number of nitrogens with one attached hydrogen (secondary N) is 2. The van der Waals surface area contributed by atoms with E-state index < -0.39 is 4.92 Å². The summed E-state index contributed by atoms with van der Waals surface area (Å²) in [6, 6.07) is 4.66. The molecule has 0 atom stereocenters. The number of morpholine rings is 1. The summed E-state index contributed by atoms with van der Waals surface area (Å²) in [5.41, 5.74) is 3.18. The Labute approximate surface area is 157 Å². The van der Waals surface area contributed by atoms with Crippen molar-refractivity contribution >= 4 is 29.2 Å². The molecule has 2 N–H and O–H groups in total. The molecule has 0 aromatic heterocycles. The van der Waals surface area contributed by atoms with E-state index in [-0.39, 0.29) is 11.4 Å². The van der Waals surface area contributed by atoms with Crippen LogP contribution in [0.5, 0.6) is 5.75 Å². The summed E-state index contributed by atoms with van der Waals surface area (Å²) in [6.45, 7) is 7.10. The number of hydrogen-bond acceptors (Lipinski definition) is 7. The lowest BCUT2D eigenvalue weighted by Crippen LogP contribution is -2.42. The van der Waals surface area contributed by atoms with Gasteiger partial charge in [-0.25, -0.2) is 0 Å². The van der Waals surface area contributed by atoms with Gasteiger partial charge in [0, 0.05) is 37.8 Å². The Bertz CT molecular complexity index is 650. The lowest BCUT2D eigenvalue weighted by atomic mass is 10.2. The minimum absolute atomic E-state index is 0.0954. The van der Waals surface area contributed by atoms with E-state index in [9.17, 15) is 10.1 Å². The molecule has 1 aliphatic heterocycles. The summed E-state index contributed by atoms with van der Waals surface area (Å²) in [5, 5.41) is 18.6. The quantitative estimate of drug-likeness (QED) is 0.299. The minimum Gasteiger partial charge on any atom is -0.487 e. The molecule has 0 aliphatic carbocycles. The van der Waals surface area contributed by atoms with E-state index in [1.54, 1.807) is 19.1 Å². The third kappa shape index (κ3) is 6.54. The van der Waals surface area contributed by atoms with Crippen molar-refractivity contribution in [1.82, 2.24) is 15.6 Å². The van der Waals surface area contributed by atoms with Crippen LogP contribution in [0, 0.1) is 10.1 Å². The highest BCUT2D eigenvalue weighted by atomic mass is 32.1. The van der Waals surface area contributed by atoms with Crippen LogP contribution in [0.1, 0.15) is 12.5 Å². The molecular formula is C16H23N5O4S. The number of benzene rings is 1. The SMILES string of the molecule is CCOc1ccc(/C=N/NC(=S)NCCN2CCOCC2)cc1[N+](=O)[O-]. The van der Waals surface area contributed by atoms with Crippen LogP contribution < -0.4 is 15.5 Å². The summed E-state index contributed by atoms with van der Waals surface area (Å²) in [5.74, 6) is 0.239. The standard InChI is InChI=1S/C16H23N5O4S/c1-2-25-15-4-3-13(11-14(15)21(22)23)12-18-19-16(26)17-5-6-20-7-9-24-10-8-20/h3-4,11-12H,2,5-10H2,1H3,(H2,17,19,26)/b18-12+. The number of thiocarbonyl (C=S) groups is 1. The normalized spacial score (nSPS) is 15.0. The van der Waals surface area contributed by atoms with Gasteiger partial charge in [0.15, 0.2) is 10.9 Å². The van der Waals surface area contributed by atoms with Gasteiger partial charge in [-0.2, -0.15) is 5.10 Å². The van der Waals surface area contributed by atoms with E-state index in [1.165, 1.54) is 12.3 Å². The number of hydrazone groups is 1.